The molecule has 0 spiro atoms. The summed E-state index contributed by atoms with van der Waals surface area (Å²) in [6.45, 7) is 2.75. The van der Waals surface area contributed by atoms with E-state index in [-0.39, 0.29) is 24.8 Å². The Labute approximate surface area is 215 Å². The van der Waals surface area contributed by atoms with Crippen molar-refractivity contribution in [1.29, 1.82) is 0 Å². The van der Waals surface area contributed by atoms with Crippen molar-refractivity contribution >= 4 is 46.6 Å². The molecule has 0 aliphatic carbocycles. The van der Waals surface area contributed by atoms with E-state index in [1.54, 1.807) is 29.2 Å². The Bertz CT molecular complexity index is 1100. The highest BCUT2D eigenvalue weighted by Crippen LogP contribution is 2.25. The summed E-state index contributed by atoms with van der Waals surface area (Å²) in [6.07, 6.45) is 1.34. The standard InChI is InChI=1S/C27H27Cl3N2O2/c1-2-14-31-27(34)25(16-19-6-4-3-5-7-19)32(18-21-10-13-23(29)24(30)15-21)26(33)17-20-8-11-22(28)12-9-20/h3-13,15,25H,2,14,16-18H2,1H3,(H,31,34)/t25-/m1/s1. The zero-order valence-corrected chi connectivity index (χ0v) is 21.2. The zero-order valence-electron chi connectivity index (χ0n) is 18.9. The Kier molecular flexibility index (Phi) is 9.82. The Morgan fingerprint density at radius 2 is 1.53 bits per heavy atom. The molecular formula is C27H27Cl3N2O2. The fraction of sp³-hybridized carbons (Fsp3) is 0.259. The molecule has 0 saturated carbocycles. The lowest BCUT2D eigenvalue weighted by molar-refractivity contribution is -0.140. The largest absolute Gasteiger partial charge is 0.354 e. The minimum Gasteiger partial charge on any atom is -0.354 e. The number of carbonyl (C=O) groups excluding carboxylic acids is 2. The minimum atomic E-state index is -0.691. The molecule has 0 radical (unpaired) electrons. The van der Waals surface area contributed by atoms with Gasteiger partial charge in [-0.05, 0) is 47.4 Å². The molecular weight excluding hydrogens is 491 g/mol. The van der Waals surface area contributed by atoms with Gasteiger partial charge in [-0.25, -0.2) is 0 Å². The molecule has 0 heterocycles. The Hall–Kier alpha value is -2.53. The second-order valence-corrected chi connectivity index (χ2v) is 9.32. The Balaban J connectivity index is 1.96. The van der Waals surface area contributed by atoms with Gasteiger partial charge in [-0.1, -0.05) is 90.3 Å². The first-order valence-electron chi connectivity index (χ1n) is 11.2. The highest BCUT2D eigenvalue weighted by molar-refractivity contribution is 6.42. The van der Waals surface area contributed by atoms with E-state index in [1.165, 1.54) is 0 Å². The van der Waals surface area contributed by atoms with E-state index in [0.29, 0.717) is 28.0 Å². The molecule has 0 saturated heterocycles. The van der Waals surface area contributed by atoms with E-state index >= 15 is 0 Å². The third kappa shape index (κ3) is 7.49. The molecule has 34 heavy (non-hydrogen) atoms. The van der Waals surface area contributed by atoms with Crippen molar-refractivity contribution in [2.24, 2.45) is 0 Å². The van der Waals surface area contributed by atoms with Crippen LogP contribution < -0.4 is 5.32 Å². The van der Waals surface area contributed by atoms with Crippen LogP contribution in [0.3, 0.4) is 0 Å². The van der Waals surface area contributed by atoms with Crippen molar-refractivity contribution in [2.45, 2.75) is 38.8 Å². The van der Waals surface area contributed by atoms with E-state index in [0.717, 1.165) is 23.1 Å². The maximum absolute atomic E-state index is 13.6. The molecule has 7 heteroatoms. The smallest absolute Gasteiger partial charge is 0.243 e. The van der Waals surface area contributed by atoms with Gasteiger partial charge in [0, 0.05) is 24.5 Å². The molecule has 0 aliphatic rings. The predicted octanol–water partition coefficient (Wildman–Crippen LogP) is 6.36. The van der Waals surface area contributed by atoms with Crippen LogP contribution in [0.25, 0.3) is 0 Å². The molecule has 0 unspecified atom stereocenters. The highest BCUT2D eigenvalue weighted by Gasteiger charge is 2.30. The van der Waals surface area contributed by atoms with Gasteiger partial charge >= 0.3 is 0 Å². The van der Waals surface area contributed by atoms with Gasteiger partial charge in [0.2, 0.25) is 11.8 Å². The van der Waals surface area contributed by atoms with Crippen LogP contribution in [0.5, 0.6) is 0 Å². The van der Waals surface area contributed by atoms with E-state index < -0.39 is 6.04 Å². The summed E-state index contributed by atoms with van der Waals surface area (Å²) in [5.41, 5.74) is 2.58. The average molecular weight is 518 g/mol. The number of carbonyl (C=O) groups is 2. The summed E-state index contributed by atoms with van der Waals surface area (Å²) in [4.78, 5) is 28.5. The van der Waals surface area contributed by atoms with Crippen LogP contribution in [0.2, 0.25) is 15.1 Å². The molecule has 1 atom stereocenters. The minimum absolute atomic E-state index is 0.144. The van der Waals surface area contributed by atoms with Crippen molar-refractivity contribution in [3.05, 3.63) is 105 Å². The second kappa shape index (κ2) is 12.8. The molecule has 3 aromatic rings. The van der Waals surface area contributed by atoms with E-state index in [2.05, 4.69) is 5.32 Å². The summed E-state index contributed by atoms with van der Waals surface area (Å²) in [5, 5.41) is 4.41. The molecule has 1 N–H and O–H groups in total. The molecule has 3 aromatic carbocycles. The quantitative estimate of drug-likeness (QED) is 0.340. The van der Waals surface area contributed by atoms with Gasteiger partial charge in [0.05, 0.1) is 16.5 Å². The number of amides is 2. The van der Waals surface area contributed by atoms with Gasteiger partial charge in [0.25, 0.3) is 0 Å². The maximum Gasteiger partial charge on any atom is 0.243 e. The van der Waals surface area contributed by atoms with Gasteiger partial charge in [-0.2, -0.15) is 0 Å². The van der Waals surface area contributed by atoms with Gasteiger partial charge in [0.15, 0.2) is 0 Å². The first-order chi connectivity index (χ1) is 16.4. The van der Waals surface area contributed by atoms with Crippen molar-refractivity contribution < 1.29 is 9.59 Å². The summed E-state index contributed by atoms with van der Waals surface area (Å²) in [6, 6.07) is 21.4. The SMILES string of the molecule is CCCNC(=O)[C@@H](Cc1ccccc1)N(Cc1ccc(Cl)c(Cl)c1)C(=O)Cc1ccc(Cl)cc1. The van der Waals surface area contributed by atoms with Crippen molar-refractivity contribution in [2.75, 3.05) is 6.54 Å². The van der Waals surface area contributed by atoms with Crippen molar-refractivity contribution in [1.82, 2.24) is 10.2 Å². The maximum atomic E-state index is 13.6. The zero-order chi connectivity index (χ0) is 24.5. The van der Waals surface area contributed by atoms with E-state index in [4.69, 9.17) is 34.8 Å². The summed E-state index contributed by atoms with van der Waals surface area (Å²) in [7, 11) is 0. The van der Waals surface area contributed by atoms with Crippen LogP contribution in [0.4, 0.5) is 0 Å². The van der Waals surface area contributed by atoms with Crippen LogP contribution >= 0.6 is 34.8 Å². The molecule has 0 aromatic heterocycles. The number of hydrogen-bond acceptors (Lipinski definition) is 2. The van der Waals surface area contributed by atoms with Crippen LogP contribution in [0.15, 0.2) is 72.8 Å². The van der Waals surface area contributed by atoms with Gasteiger partial charge in [0.1, 0.15) is 6.04 Å². The average Bonchev–Trinajstić information content (AvgIpc) is 2.84. The van der Waals surface area contributed by atoms with Crippen molar-refractivity contribution in [3.63, 3.8) is 0 Å². The molecule has 0 aliphatic heterocycles. The van der Waals surface area contributed by atoms with E-state index in [9.17, 15) is 9.59 Å². The second-order valence-electron chi connectivity index (χ2n) is 8.07. The van der Waals surface area contributed by atoms with Gasteiger partial charge < -0.3 is 10.2 Å². The summed E-state index contributed by atoms with van der Waals surface area (Å²) in [5.74, 6) is -0.351. The molecule has 2 amide bonds. The topological polar surface area (TPSA) is 49.4 Å². The number of halogens is 3. The summed E-state index contributed by atoms with van der Waals surface area (Å²) >= 11 is 18.3. The highest BCUT2D eigenvalue weighted by atomic mass is 35.5. The van der Waals surface area contributed by atoms with Gasteiger partial charge in [-0.15, -0.1) is 0 Å². The molecule has 178 valence electrons. The number of hydrogen-bond donors (Lipinski definition) is 1. The third-order valence-electron chi connectivity index (χ3n) is 5.43. The molecule has 4 nitrogen and oxygen atoms in total. The number of nitrogens with zero attached hydrogens (tertiary/aromatic N) is 1. The first-order valence-corrected chi connectivity index (χ1v) is 12.3. The Morgan fingerprint density at radius 3 is 2.18 bits per heavy atom. The normalized spacial score (nSPS) is 11.6. The Morgan fingerprint density at radius 1 is 0.853 bits per heavy atom. The number of benzene rings is 3. The van der Waals surface area contributed by atoms with Crippen molar-refractivity contribution in [3.8, 4) is 0 Å². The van der Waals surface area contributed by atoms with Crippen LogP contribution in [-0.4, -0.2) is 29.3 Å². The summed E-state index contributed by atoms with van der Waals surface area (Å²) < 4.78 is 0. The molecule has 3 rings (SSSR count). The lowest BCUT2D eigenvalue weighted by Gasteiger charge is -2.32. The fourth-order valence-electron chi connectivity index (χ4n) is 3.63. The molecule has 0 bridgehead atoms. The van der Waals surface area contributed by atoms with Crippen LogP contribution in [0, 0.1) is 0 Å². The monoisotopic (exact) mass is 516 g/mol. The van der Waals surface area contributed by atoms with E-state index in [1.807, 2.05) is 55.5 Å². The first kappa shape index (κ1) is 26.1. The lowest BCUT2D eigenvalue weighted by atomic mass is 10.0. The number of nitrogens with one attached hydrogen (secondary N) is 1. The predicted molar refractivity (Wildman–Crippen MR) is 139 cm³/mol. The number of rotatable bonds is 10. The van der Waals surface area contributed by atoms with Crippen LogP contribution in [-0.2, 0) is 29.0 Å². The fourth-order valence-corrected chi connectivity index (χ4v) is 4.08. The third-order valence-corrected chi connectivity index (χ3v) is 6.42. The molecule has 0 fully saturated rings. The van der Waals surface area contributed by atoms with Crippen LogP contribution in [0.1, 0.15) is 30.0 Å². The lowest BCUT2D eigenvalue weighted by Crippen LogP contribution is -2.51. The van der Waals surface area contributed by atoms with Gasteiger partial charge in [-0.3, -0.25) is 9.59 Å².